The third-order valence-corrected chi connectivity index (χ3v) is 3.48. The highest BCUT2D eigenvalue weighted by Crippen LogP contribution is 2.38. The van der Waals surface area contributed by atoms with Crippen LogP contribution in [0, 0.1) is 40.7 Å². The number of rotatable bonds is 2. The van der Waals surface area contributed by atoms with Crippen LogP contribution < -0.4 is 0 Å². The van der Waals surface area contributed by atoms with Crippen LogP contribution in [0.5, 0.6) is 0 Å². The molecule has 2 rings (SSSR count). The van der Waals surface area contributed by atoms with Crippen molar-refractivity contribution < 1.29 is 30.7 Å². The van der Waals surface area contributed by atoms with Gasteiger partial charge in [-0.1, -0.05) is 13.8 Å². The lowest BCUT2D eigenvalue weighted by atomic mass is 9.91. The van der Waals surface area contributed by atoms with Gasteiger partial charge in [0, 0.05) is 10.9 Å². The fourth-order valence-corrected chi connectivity index (χ4v) is 2.19. The lowest BCUT2D eigenvalue weighted by molar-refractivity contribution is 0.407. The molecule has 0 spiro atoms. The van der Waals surface area contributed by atoms with Crippen molar-refractivity contribution in [1.82, 2.24) is 0 Å². The van der Waals surface area contributed by atoms with Gasteiger partial charge in [-0.15, -0.1) is 0 Å². The smallest absolute Gasteiger partial charge is 0.198 e. The van der Waals surface area contributed by atoms with Gasteiger partial charge in [-0.3, -0.25) is 0 Å². The van der Waals surface area contributed by atoms with Crippen molar-refractivity contribution >= 4 is 10.8 Å². The van der Waals surface area contributed by atoms with E-state index in [9.17, 15) is 30.7 Å². The van der Waals surface area contributed by atoms with Crippen LogP contribution in [0.1, 0.15) is 31.7 Å². The summed E-state index contributed by atoms with van der Waals surface area (Å²) in [5.74, 6) is -15.3. The fourth-order valence-electron chi connectivity index (χ4n) is 2.19. The van der Waals surface area contributed by atoms with Crippen molar-refractivity contribution in [2.24, 2.45) is 0 Å². The molecule has 1 atom stereocenters. The molecule has 0 aliphatic carbocycles. The third kappa shape index (κ3) is 2.06. The second-order valence-electron chi connectivity index (χ2n) is 4.67. The largest absolute Gasteiger partial charge is 0.203 e. The Morgan fingerprint density at radius 2 is 1.00 bits per heavy atom. The van der Waals surface area contributed by atoms with E-state index in [1.807, 2.05) is 0 Å². The lowest BCUT2D eigenvalue weighted by Gasteiger charge is -2.17. The normalized spacial score (nSPS) is 13.0. The van der Waals surface area contributed by atoms with Crippen LogP contribution in [0.4, 0.5) is 30.7 Å². The molecular weight excluding hydrogens is 301 g/mol. The first-order valence-electron chi connectivity index (χ1n) is 6.05. The monoisotopic (exact) mass is 310 g/mol. The number of hydrogen-bond acceptors (Lipinski definition) is 0. The van der Waals surface area contributed by atoms with E-state index in [0.717, 1.165) is 0 Å². The average Bonchev–Trinajstić information content (AvgIpc) is 2.47. The molecule has 0 nitrogen and oxygen atoms in total. The van der Waals surface area contributed by atoms with Crippen molar-refractivity contribution in [3.8, 4) is 0 Å². The molecule has 2 aromatic carbocycles. The summed E-state index contributed by atoms with van der Waals surface area (Å²) in [6.07, 6.45) is 0.164. The van der Waals surface area contributed by atoms with E-state index in [4.69, 9.17) is 0 Å². The summed E-state index contributed by atoms with van der Waals surface area (Å²) < 4.78 is 95.0. The number of hydrogen-bond donors (Lipinski definition) is 0. The molecule has 0 amide bonds. The average molecular weight is 310 g/mol. The van der Waals surface area contributed by atoms with Gasteiger partial charge in [-0.2, -0.15) is 0 Å². The summed E-state index contributed by atoms with van der Waals surface area (Å²) in [5, 5.41) is -2.54. The molecule has 0 aliphatic heterocycles. The minimum atomic E-state index is -2.28. The van der Waals surface area contributed by atoms with E-state index >= 15 is 0 Å². The van der Waals surface area contributed by atoms with Gasteiger partial charge in [0.15, 0.2) is 40.7 Å². The van der Waals surface area contributed by atoms with Gasteiger partial charge in [-0.25, -0.2) is 30.7 Å². The maximum atomic E-state index is 13.9. The van der Waals surface area contributed by atoms with Crippen molar-refractivity contribution in [3.63, 3.8) is 0 Å². The Morgan fingerprint density at radius 3 is 1.43 bits per heavy atom. The molecule has 0 saturated heterocycles. The van der Waals surface area contributed by atoms with Crippen LogP contribution in [-0.4, -0.2) is 0 Å². The fraction of sp³-hybridized carbons (Fsp3) is 0.286. The van der Waals surface area contributed by atoms with Crippen molar-refractivity contribution in [3.05, 3.63) is 46.3 Å². The molecule has 21 heavy (non-hydrogen) atoms. The van der Waals surface area contributed by atoms with Crippen molar-refractivity contribution in [2.75, 3.05) is 0 Å². The number of fused-ring (bicyclic) bond motifs is 1. The molecule has 2 aromatic rings. The summed E-state index contributed by atoms with van der Waals surface area (Å²) in [4.78, 5) is 0. The first-order valence-corrected chi connectivity index (χ1v) is 6.05. The maximum Gasteiger partial charge on any atom is 0.198 e. The van der Waals surface area contributed by atoms with Gasteiger partial charge in [-0.05, 0) is 12.3 Å². The molecule has 114 valence electrons. The zero-order valence-corrected chi connectivity index (χ0v) is 10.9. The van der Waals surface area contributed by atoms with Crippen LogP contribution in [0.25, 0.3) is 10.8 Å². The zero-order chi connectivity index (χ0) is 16.1. The second kappa shape index (κ2) is 5.20. The van der Waals surface area contributed by atoms with E-state index in [1.165, 1.54) is 13.8 Å². The molecule has 0 fully saturated rings. The number of benzene rings is 2. The topological polar surface area (TPSA) is 0 Å². The van der Waals surface area contributed by atoms with Gasteiger partial charge in [0.25, 0.3) is 0 Å². The molecule has 0 bridgehead atoms. The summed E-state index contributed by atoms with van der Waals surface area (Å²) in [6, 6.07) is 0. The lowest BCUT2D eigenvalue weighted by Crippen LogP contribution is -2.09. The van der Waals surface area contributed by atoms with Gasteiger partial charge < -0.3 is 0 Å². The first-order chi connectivity index (χ1) is 9.73. The quantitative estimate of drug-likeness (QED) is 0.400. The highest BCUT2D eigenvalue weighted by atomic mass is 19.2. The zero-order valence-electron chi connectivity index (χ0n) is 10.9. The molecule has 0 aliphatic rings. The standard InChI is InChI=1S/C14H9F7/c1-3-4(2)5-6-7(10(17)12(19)8(5)15)11(18)14(21)13(20)9(6)16/h4H,3H2,1-2H3. The number of halogens is 7. The van der Waals surface area contributed by atoms with Crippen molar-refractivity contribution in [2.45, 2.75) is 26.2 Å². The van der Waals surface area contributed by atoms with E-state index in [-0.39, 0.29) is 6.42 Å². The van der Waals surface area contributed by atoms with Crippen LogP contribution in [0.15, 0.2) is 0 Å². The van der Waals surface area contributed by atoms with Crippen LogP contribution in [-0.2, 0) is 0 Å². The van der Waals surface area contributed by atoms with E-state index in [1.54, 1.807) is 0 Å². The molecule has 1 unspecified atom stereocenters. The molecular formula is C14H9F7. The summed E-state index contributed by atoms with van der Waals surface area (Å²) in [7, 11) is 0. The Bertz CT molecular complexity index is 728. The molecule has 0 saturated carbocycles. The predicted octanol–water partition coefficient (Wildman–Crippen LogP) is 5.33. The first kappa shape index (κ1) is 15.6. The van der Waals surface area contributed by atoms with Crippen LogP contribution >= 0.6 is 0 Å². The molecule has 7 heteroatoms. The third-order valence-electron chi connectivity index (χ3n) is 3.48. The second-order valence-corrected chi connectivity index (χ2v) is 4.67. The summed E-state index contributed by atoms with van der Waals surface area (Å²) >= 11 is 0. The van der Waals surface area contributed by atoms with Crippen LogP contribution in [0.3, 0.4) is 0 Å². The van der Waals surface area contributed by atoms with Gasteiger partial charge in [0.1, 0.15) is 0 Å². The van der Waals surface area contributed by atoms with Gasteiger partial charge >= 0.3 is 0 Å². The van der Waals surface area contributed by atoms with Crippen molar-refractivity contribution in [1.29, 1.82) is 0 Å². The Labute approximate surface area is 115 Å². The van der Waals surface area contributed by atoms with Gasteiger partial charge in [0.2, 0.25) is 0 Å². The van der Waals surface area contributed by atoms with Gasteiger partial charge in [0.05, 0.1) is 5.39 Å². The Kier molecular flexibility index (Phi) is 3.86. The minimum Gasteiger partial charge on any atom is -0.203 e. The molecule has 0 aromatic heterocycles. The maximum absolute atomic E-state index is 13.9. The molecule has 0 N–H and O–H groups in total. The molecule has 0 heterocycles. The van der Waals surface area contributed by atoms with Crippen LogP contribution in [0.2, 0.25) is 0 Å². The highest BCUT2D eigenvalue weighted by molar-refractivity contribution is 5.88. The Hall–Kier alpha value is -1.79. The summed E-state index contributed by atoms with van der Waals surface area (Å²) in [6.45, 7) is 2.87. The minimum absolute atomic E-state index is 0.164. The SMILES string of the molecule is CCC(C)c1c(F)c(F)c(F)c2c(F)c(F)c(F)c(F)c12. The highest BCUT2D eigenvalue weighted by Gasteiger charge is 2.31. The Balaban J connectivity index is 3.17. The van der Waals surface area contributed by atoms with E-state index < -0.39 is 63.0 Å². The van der Waals surface area contributed by atoms with E-state index in [2.05, 4.69) is 0 Å². The predicted molar refractivity (Wildman–Crippen MR) is 62.4 cm³/mol. The summed E-state index contributed by atoms with van der Waals surface area (Å²) in [5.41, 5.74) is -0.721. The molecule has 0 radical (unpaired) electrons. The van der Waals surface area contributed by atoms with E-state index in [0.29, 0.717) is 0 Å². The Morgan fingerprint density at radius 1 is 0.619 bits per heavy atom.